The van der Waals surface area contributed by atoms with Crippen LogP contribution in [0.15, 0.2) is 42.5 Å². The van der Waals surface area contributed by atoms with Crippen molar-refractivity contribution in [1.29, 1.82) is 0 Å². The van der Waals surface area contributed by atoms with Crippen LogP contribution in [0.4, 0.5) is 0 Å². The van der Waals surface area contributed by atoms with Crippen molar-refractivity contribution in [3.8, 4) is 11.5 Å². The standard InChI is InChI=1S/C25H35N3O4/c1-19-7-6-8-20(2)22(19)15-26-25(30)17-28-13-11-27(12-14-28)16-21(29)18-32-24-10-5-4-9-23(24)31-3/h4-10,21,29H,11-18H2,1-3H3,(H,26,30)/t21-/m1/s1. The Kier molecular flexibility index (Phi) is 8.90. The zero-order valence-corrected chi connectivity index (χ0v) is 19.3. The van der Waals surface area contributed by atoms with Gasteiger partial charge in [0.05, 0.1) is 13.7 Å². The van der Waals surface area contributed by atoms with E-state index in [1.54, 1.807) is 7.11 Å². The summed E-state index contributed by atoms with van der Waals surface area (Å²) in [6.45, 7) is 9.10. The Morgan fingerprint density at radius 3 is 2.28 bits per heavy atom. The third-order valence-corrected chi connectivity index (χ3v) is 5.91. The van der Waals surface area contributed by atoms with Crippen molar-refractivity contribution in [1.82, 2.24) is 15.1 Å². The summed E-state index contributed by atoms with van der Waals surface area (Å²) in [4.78, 5) is 16.8. The SMILES string of the molecule is COc1ccccc1OC[C@H](O)CN1CCN(CC(=O)NCc2c(C)cccc2C)CC1. The third kappa shape index (κ3) is 6.95. The molecule has 0 radical (unpaired) electrons. The van der Waals surface area contributed by atoms with E-state index >= 15 is 0 Å². The molecule has 1 amide bonds. The molecule has 0 aliphatic carbocycles. The van der Waals surface area contributed by atoms with E-state index in [9.17, 15) is 9.90 Å². The first-order chi connectivity index (χ1) is 15.5. The quantitative estimate of drug-likeness (QED) is 0.588. The number of nitrogens with one attached hydrogen (secondary N) is 1. The summed E-state index contributed by atoms with van der Waals surface area (Å²) in [6.07, 6.45) is -0.591. The van der Waals surface area contributed by atoms with Crippen molar-refractivity contribution in [3.05, 3.63) is 59.2 Å². The Labute approximate surface area is 190 Å². The van der Waals surface area contributed by atoms with E-state index < -0.39 is 6.10 Å². The summed E-state index contributed by atoms with van der Waals surface area (Å²) < 4.78 is 11.0. The molecule has 174 valence electrons. The number of benzene rings is 2. The van der Waals surface area contributed by atoms with Crippen molar-refractivity contribution in [2.24, 2.45) is 0 Å². The number of β-amino-alcohol motifs (C(OH)–C–C–N with tert-alkyl or cyclic N) is 1. The maximum Gasteiger partial charge on any atom is 0.234 e. The molecule has 0 spiro atoms. The summed E-state index contributed by atoms with van der Waals surface area (Å²) in [5, 5.41) is 13.4. The second-order valence-electron chi connectivity index (χ2n) is 8.34. The number of amides is 1. The molecule has 3 rings (SSSR count). The van der Waals surface area contributed by atoms with Crippen LogP contribution in [0.25, 0.3) is 0 Å². The number of rotatable bonds is 10. The Hall–Kier alpha value is -2.61. The van der Waals surface area contributed by atoms with Gasteiger partial charge in [-0.3, -0.25) is 14.6 Å². The average molecular weight is 442 g/mol. The van der Waals surface area contributed by atoms with Gasteiger partial charge in [0.1, 0.15) is 12.7 Å². The number of aryl methyl sites for hydroxylation is 2. The summed E-state index contributed by atoms with van der Waals surface area (Å²) in [5.74, 6) is 1.33. The van der Waals surface area contributed by atoms with Gasteiger partial charge in [0.2, 0.25) is 5.91 Å². The molecule has 32 heavy (non-hydrogen) atoms. The van der Waals surface area contributed by atoms with Gasteiger partial charge in [-0.25, -0.2) is 0 Å². The lowest BCUT2D eigenvalue weighted by molar-refractivity contribution is -0.122. The van der Waals surface area contributed by atoms with E-state index in [4.69, 9.17) is 9.47 Å². The molecule has 1 saturated heterocycles. The third-order valence-electron chi connectivity index (χ3n) is 5.91. The van der Waals surface area contributed by atoms with Crippen LogP contribution in [0.1, 0.15) is 16.7 Å². The Morgan fingerprint density at radius 1 is 1.00 bits per heavy atom. The largest absolute Gasteiger partial charge is 0.493 e. The fourth-order valence-corrected chi connectivity index (χ4v) is 3.98. The molecule has 2 aromatic carbocycles. The molecule has 1 aliphatic rings. The number of carbonyl (C=O) groups excluding carboxylic acids is 1. The topological polar surface area (TPSA) is 74.3 Å². The monoisotopic (exact) mass is 441 g/mol. The number of ether oxygens (including phenoxy) is 2. The minimum Gasteiger partial charge on any atom is -0.493 e. The van der Waals surface area contributed by atoms with E-state index in [0.29, 0.717) is 31.1 Å². The molecule has 7 nitrogen and oxygen atoms in total. The minimum atomic E-state index is -0.591. The van der Waals surface area contributed by atoms with Crippen molar-refractivity contribution < 1.29 is 19.4 Å². The first-order valence-electron chi connectivity index (χ1n) is 11.2. The van der Waals surface area contributed by atoms with E-state index in [0.717, 1.165) is 26.2 Å². The first kappa shape index (κ1) is 24.0. The predicted octanol–water partition coefficient (Wildman–Crippen LogP) is 1.99. The molecule has 2 N–H and O–H groups in total. The van der Waals surface area contributed by atoms with Crippen LogP contribution in [0.2, 0.25) is 0 Å². The molecular weight excluding hydrogens is 406 g/mol. The number of piperazine rings is 1. The first-order valence-corrected chi connectivity index (χ1v) is 11.2. The number of nitrogens with zero attached hydrogens (tertiary/aromatic N) is 2. The lowest BCUT2D eigenvalue weighted by Gasteiger charge is -2.35. The van der Waals surface area contributed by atoms with Gasteiger partial charge in [-0.15, -0.1) is 0 Å². The molecule has 1 heterocycles. The lowest BCUT2D eigenvalue weighted by atomic mass is 10.0. The fourth-order valence-electron chi connectivity index (χ4n) is 3.98. The number of carbonyl (C=O) groups is 1. The second kappa shape index (κ2) is 11.9. The molecule has 0 unspecified atom stereocenters. The van der Waals surface area contributed by atoms with Crippen LogP contribution in [0.3, 0.4) is 0 Å². The zero-order chi connectivity index (χ0) is 22.9. The molecule has 0 bridgehead atoms. The van der Waals surface area contributed by atoms with Gasteiger partial charge in [0.25, 0.3) is 0 Å². The number of aliphatic hydroxyl groups is 1. The maximum atomic E-state index is 12.4. The van der Waals surface area contributed by atoms with E-state index in [1.807, 2.05) is 30.3 Å². The highest BCUT2D eigenvalue weighted by atomic mass is 16.5. The van der Waals surface area contributed by atoms with Crippen LogP contribution >= 0.6 is 0 Å². The molecule has 0 aromatic heterocycles. The van der Waals surface area contributed by atoms with Gasteiger partial charge in [-0.05, 0) is 42.7 Å². The maximum absolute atomic E-state index is 12.4. The number of hydrogen-bond acceptors (Lipinski definition) is 6. The van der Waals surface area contributed by atoms with Crippen molar-refractivity contribution in [2.45, 2.75) is 26.5 Å². The molecule has 1 aliphatic heterocycles. The molecule has 7 heteroatoms. The Morgan fingerprint density at radius 2 is 1.62 bits per heavy atom. The second-order valence-corrected chi connectivity index (χ2v) is 8.34. The van der Waals surface area contributed by atoms with Gasteiger partial charge in [0, 0.05) is 39.3 Å². The van der Waals surface area contributed by atoms with E-state index in [-0.39, 0.29) is 12.5 Å². The van der Waals surface area contributed by atoms with Crippen LogP contribution in [-0.2, 0) is 11.3 Å². The van der Waals surface area contributed by atoms with Crippen molar-refractivity contribution in [2.75, 3.05) is 53.0 Å². The molecule has 2 aromatic rings. The molecule has 0 saturated carbocycles. The van der Waals surface area contributed by atoms with Crippen LogP contribution in [0.5, 0.6) is 11.5 Å². The zero-order valence-electron chi connectivity index (χ0n) is 19.3. The molecule has 1 atom stereocenters. The number of hydrogen-bond donors (Lipinski definition) is 2. The van der Waals surface area contributed by atoms with Gasteiger partial charge < -0.3 is 19.9 Å². The molecular formula is C25H35N3O4. The summed E-state index contributed by atoms with van der Waals surface area (Å²) in [7, 11) is 1.60. The van der Waals surface area contributed by atoms with Gasteiger partial charge in [-0.2, -0.15) is 0 Å². The lowest BCUT2D eigenvalue weighted by Crippen LogP contribution is -2.51. The average Bonchev–Trinajstić information content (AvgIpc) is 2.79. The normalized spacial score (nSPS) is 15.9. The number of methoxy groups -OCH3 is 1. The highest BCUT2D eigenvalue weighted by Crippen LogP contribution is 2.25. The van der Waals surface area contributed by atoms with Gasteiger partial charge in [0.15, 0.2) is 11.5 Å². The van der Waals surface area contributed by atoms with Crippen LogP contribution in [-0.4, -0.2) is 79.9 Å². The number of para-hydroxylation sites is 2. The Bertz CT molecular complexity index is 861. The van der Waals surface area contributed by atoms with Crippen LogP contribution in [0, 0.1) is 13.8 Å². The van der Waals surface area contributed by atoms with Gasteiger partial charge >= 0.3 is 0 Å². The predicted molar refractivity (Wildman–Crippen MR) is 125 cm³/mol. The van der Waals surface area contributed by atoms with Gasteiger partial charge in [-0.1, -0.05) is 30.3 Å². The van der Waals surface area contributed by atoms with E-state index in [2.05, 4.69) is 41.1 Å². The summed E-state index contributed by atoms with van der Waals surface area (Å²) >= 11 is 0. The minimum absolute atomic E-state index is 0.0475. The smallest absolute Gasteiger partial charge is 0.234 e. The van der Waals surface area contributed by atoms with Crippen LogP contribution < -0.4 is 14.8 Å². The highest BCUT2D eigenvalue weighted by molar-refractivity contribution is 5.78. The van der Waals surface area contributed by atoms with E-state index in [1.165, 1.54) is 16.7 Å². The summed E-state index contributed by atoms with van der Waals surface area (Å²) in [6, 6.07) is 13.6. The number of aliphatic hydroxyl groups excluding tert-OH is 1. The van der Waals surface area contributed by atoms with Crippen molar-refractivity contribution >= 4 is 5.91 Å². The molecule has 1 fully saturated rings. The van der Waals surface area contributed by atoms with Crippen molar-refractivity contribution in [3.63, 3.8) is 0 Å². The fraction of sp³-hybridized carbons (Fsp3) is 0.480. The Balaban J connectivity index is 1.35. The highest BCUT2D eigenvalue weighted by Gasteiger charge is 2.21. The summed E-state index contributed by atoms with van der Waals surface area (Å²) in [5.41, 5.74) is 3.59.